The molecule has 0 bridgehead atoms. The van der Waals surface area contributed by atoms with Crippen molar-refractivity contribution >= 4 is 5.96 Å². The zero-order chi connectivity index (χ0) is 16.7. The summed E-state index contributed by atoms with van der Waals surface area (Å²) in [6.07, 6.45) is 4.44. The minimum absolute atomic E-state index is 0.0400. The van der Waals surface area contributed by atoms with Crippen LogP contribution in [0.4, 0.5) is 13.2 Å². The lowest BCUT2D eigenvalue weighted by atomic mass is 9.87. The van der Waals surface area contributed by atoms with Gasteiger partial charge in [0, 0.05) is 32.7 Å². The van der Waals surface area contributed by atoms with Gasteiger partial charge >= 0.3 is 6.18 Å². The molecule has 4 nitrogen and oxygen atoms in total. The van der Waals surface area contributed by atoms with Gasteiger partial charge in [0.25, 0.3) is 0 Å². The smallest absolute Gasteiger partial charge is 0.356 e. The molecule has 0 aromatic carbocycles. The largest absolute Gasteiger partial charge is 0.401 e. The average Bonchev–Trinajstić information content (AvgIpc) is 2.92. The van der Waals surface area contributed by atoms with Crippen molar-refractivity contribution in [2.24, 2.45) is 10.9 Å². The Labute approximate surface area is 136 Å². The number of guanidine groups is 1. The van der Waals surface area contributed by atoms with E-state index in [1.807, 2.05) is 0 Å². The Hall–Kier alpha value is -0.980. The maximum absolute atomic E-state index is 12.4. The summed E-state index contributed by atoms with van der Waals surface area (Å²) in [7, 11) is 1.71. The summed E-state index contributed by atoms with van der Waals surface area (Å²) < 4.78 is 37.2. The first kappa shape index (κ1) is 18.4. The van der Waals surface area contributed by atoms with E-state index in [1.165, 1.54) is 37.0 Å². The van der Waals surface area contributed by atoms with Gasteiger partial charge in [-0.2, -0.15) is 13.2 Å². The molecule has 2 N–H and O–H groups in total. The molecular weight excluding hydrogens is 305 g/mol. The highest BCUT2D eigenvalue weighted by Gasteiger charge is 2.34. The van der Waals surface area contributed by atoms with Crippen molar-refractivity contribution in [3.8, 4) is 0 Å². The topological polar surface area (TPSA) is 39.7 Å². The lowest BCUT2D eigenvalue weighted by Gasteiger charge is -2.23. The molecule has 1 unspecified atom stereocenters. The highest BCUT2D eigenvalue weighted by atomic mass is 19.4. The van der Waals surface area contributed by atoms with Gasteiger partial charge in [-0.05, 0) is 18.8 Å². The van der Waals surface area contributed by atoms with Crippen LogP contribution in [0.5, 0.6) is 0 Å². The van der Waals surface area contributed by atoms with Crippen LogP contribution >= 0.6 is 0 Å². The van der Waals surface area contributed by atoms with Crippen molar-refractivity contribution in [3.63, 3.8) is 0 Å². The van der Waals surface area contributed by atoms with Crippen molar-refractivity contribution in [2.75, 3.05) is 33.2 Å². The molecule has 134 valence electrons. The Bertz CT molecular complexity index is 378. The predicted octanol–water partition coefficient (Wildman–Crippen LogP) is 2.76. The van der Waals surface area contributed by atoms with Crippen LogP contribution in [0, 0.1) is 5.92 Å². The molecule has 0 aromatic heterocycles. The molecular formula is C16H29F3N4. The zero-order valence-electron chi connectivity index (χ0n) is 14.0. The van der Waals surface area contributed by atoms with Crippen LogP contribution in [0.15, 0.2) is 4.99 Å². The van der Waals surface area contributed by atoms with Crippen LogP contribution in [0.3, 0.4) is 0 Å². The van der Waals surface area contributed by atoms with E-state index in [0.717, 1.165) is 25.3 Å². The van der Waals surface area contributed by atoms with E-state index in [1.54, 1.807) is 7.05 Å². The molecule has 2 aliphatic rings. The van der Waals surface area contributed by atoms with Crippen LogP contribution in [0.1, 0.15) is 44.9 Å². The summed E-state index contributed by atoms with van der Waals surface area (Å²) in [5, 5.41) is 6.55. The van der Waals surface area contributed by atoms with Gasteiger partial charge in [-0.25, -0.2) is 0 Å². The fourth-order valence-electron chi connectivity index (χ4n) is 3.61. The number of rotatable bonds is 5. The summed E-state index contributed by atoms with van der Waals surface area (Å²) in [5.74, 6) is 1.52. The highest BCUT2D eigenvalue weighted by molar-refractivity contribution is 5.79. The molecule has 0 aromatic rings. The predicted molar refractivity (Wildman–Crippen MR) is 86.6 cm³/mol. The van der Waals surface area contributed by atoms with Gasteiger partial charge in [-0.3, -0.25) is 9.89 Å². The van der Waals surface area contributed by atoms with Gasteiger partial charge in [0.05, 0.1) is 6.54 Å². The summed E-state index contributed by atoms with van der Waals surface area (Å²) in [5.41, 5.74) is 0. The fourth-order valence-corrected chi connectivity index (χ4v) is 3.61. The normalized spacial score (nSPS) is 24.9. The molecule has 1 atom stereocenters. The number of aliphatic imine (C=N–C) groups is 1. The number of nitrogens with one attached hydrogen (secondary N) is 2. The fraction of sp³-hybridized carbons (Fsp3) is 0.938. The Morgan fingerprint density at radius 3 is 2.57 bits per heavy atom. The minimum atomic E-state index is -4.12. The summed E-state index contributed by atoms with van der Waals surface area (Å²) in [6.45, 7) is 0.960. The second kappa shape index (κ2) is 8.76. The molecule has 1 saturated carbocycles. The van der Waals surface area contributed by atoms with E-state index in [-0.39, 0.29) is 6.04 Å². The van der Waals surface area contributed by atoms with E-state index in [9.17, 15) is 13.2 Å². The van der Waals surface area contributed by atoms with Gasteiger partial charge in [-0.1, -0.05) is 32.1 Å². The quantitative estimate of drug-likeness (QED) is 0.600. The third-order valence-electron chi connectivity index (χ3n) is 4.81. The molecule has 1 saturated heterocycles. The first-order chi connectivity index (χ1) is 11.0. The number of likely N-dealkylation sites (tertiary alicyclic amines) is 1. The van der Waals surface area contributed by atoms with Gasteiger partial charge in [0.15, 0.2) is 5.96 Å². The standard InChI is InChI=1S/C16H29F3N4/c1-20-15(21-9-7-13-5-3-2-4-6-13)22-14-8-10-23(11-14)12-16(17,18)19/h13-14H,2-12H2,1H3,(H2,20,21,22). The number of alkyl halides is 3. The maximum Gasteiger partial charge on any atom is 0.401 e. The zero-order valence-corrected chi connectivity index (χ0v) is 14.0. The van der Waals surface area contributed by atoms with Gasteiger partial charge in [0.2, 0.25) is 0 Å². The van der Waals surface area contributed by atoms with Crippen molar-refractivity contribution in [1.82, 2.24) is 15.5 Å². The molecule has 1 heterocycles. The molecule has 1 aliphatic carbocycles. The monoisotopic (exact) mass is 334 g/mol. The highest BCUT2D eigenvalue weighted by Crippen LogP contribution is 2.25. The maximum atomic E-state index is 12.4. The summed E-state index contributed by atoms with van der Waals surface area (Å²) in [6, 6.07) is 0.0400. The molecule has 1 aliphatic heterocycles. The number of nitrogens with zero attached hydrogens (tertiary/aromatic N) is 2. The SMILES string of the molecule is CN=C(NCCC1CCCCC1)NC1CCN(CC(F)(F)F)C1. The Morgan fingerprint density at radius 2 is 1.91 bits per heavy atom. The van der Waals surface area contributed by atoms with Crippen LogP contribution in [0.25, 0.3) is 0 Å². The minimum Gasteiger partial charge on any atom is -0.356 e. The molecule has 7 heteroatoms. The van der Waals surface area contributed by atoms with E-state index < -0.39 is 12.7 Å². The molecule has 23 heavy (non-hydrogen) atoms. The molecule has 2 fully saturated rings. The van der Waals surface area contributed by atoms with E-state index in [4.69, 9.17) is 0 Å². The molecule has 2 rings (SSSR count). The third-order valence-corrected chi connectivity index (χ3v) is 4.81. The van der Waals surface area contributed by atoms with Crippen LogP contribution in [0.2, 0.25) is 0 Å². The third kappa shape index (κ3) is 6.97. The summed E-state index contributed by atoms with van der Waals surface area (Å²) >= 11 is 0. The first-order valence-corrected chi connectivity index (χ1v) is 8.72. The van der Waals surface area contributed by atoms with E-state index in [0.29, 0.717) is 19.0 Å². The van der Waals surface area contributed by atoms with E-state index >= 15 is 0 Å². The Kier molecular flexibility index (Phi) is 6.99. The van der Waals surface area contributed by atoms with Crippen LogP contribution < -0.4 is 10.6 Å². The van der Waals surface area contributed by atoms with Gasteiger partial charge in [0.1, 0.15) is 0 Å². The number of hydrogen-bond acceptors (Lipinski definition) is 2. The van der Waals surface area contributed by atoms with Gasteiger partial charge < -0.3 is 10.6 Å². The Morgan fingerprint density at radius 1 is 1.17 bits per heavy atom. The van der Waals surface area contributed by atoms with Crippen molar-refractivity contribution in [1.29, 1.82) is 0 Å². The van der Waals surface area contributed by atoms with Crippen LogP contribution in [-0.4, -0.2) is 56.3 Å². The molecule has 0 spiro atoms. The van der Waals surface area contributed by atoms with Crippen LogP contribution in [-0.2, 0) is 0 Å². The number of hydrogen-bond donors (Lipinski definition) is 2. The lowest BCUT2D eigenvalue weighted by molar-refractivity contribution is -0.143. The lowest BCUT2D eigenvalue weighted by Crippen LogP contribution is -2.45. The average molecular weight is 334 g/mol. The summed E-state index contributed by atoms with van der Waals surface area (Å²) in [4.78, 5) is 5.64. The molecule has 0 amide bonds. The van der Waals surface area contributed by atoms with Crippen molar-refractivity contribution in [2.45, 2.75) is 57.2 Å². The second-order valence-corrected chi connectivity index (χ2v) is 6.77. The van der Waals surface area contributed by atoms with Gasteiger partial charge in [-0.15, -0.1) is 0 Å². The van der Waals surface area contributed by atoms with Crippen molar-refractivity contribution in [3.05, 3.63) is 0 Å². The van der Waals surface area contributed by atoms with Crippen molar-refractivity contribution < 1.29 is 13.2 Å². The Balaban J connectivity index is 1.65. The molecule has 0 radical (unpaired) electrons. The van der Waals surface area contributed by atoms with E-state index in [2.05, 4.69) is 15.6 Å². The second-order valence-electron chi connectivity index (χ2n) is 6.77. The first-order valence-electron chi connectivity index (χ1n) is 8.72. The number of halogens is 3.